The summed E-state index contributed by atoms with van der Waals surface area (Å²) in [6, 6.07) is 6.63. The molecule has 1 aromatic rings. The van der Waals surface area contributed by atoms with Gasteiger partial charge in [0.2, 0.25) is 0 Å². The Morgan fingerprint density at radius 2 is 2.18 bits per heavy atom. The smallest absolute Gasteiger partial charge is 0.0467 e. The molecule has 0 aromatic heterocycles. The van der Waals surface area contributed by atoms with Gasteiger partial charge in [-0.1, -0.05) is 33.6 Å². The highest BCUT2D eigenvalue weighted by molar-refractivity contribution is 9.08. The van der Waals surface area contributed by atoms with Gasteiger partial charge in [-0.3, -0.25) is 0 Å². The van der Waals surface area contributed by atoms with Gasteiger partial charge in [-0.2, -0.15) is 11.8 Å². The van der Waals surface area contributed by atoms with Crippen LogP contribution in [0.1, 0.15) is 18.9 Å². The lowest BCUT2D eigenvalue weighted by atomic mass is 10.1. The highest BCUT2D eigenvalue weighted by Crippen LogP contribution is 2.30. The van der Waals surface area contributed by atoms with Gasteiger partial charge in [0.05, 0.1) is 0 Å². The van der Waals surface area contributed by atoms with Crippen molar-refractivity contribution in [1.29, 1.82) is 0 Å². The van der Waals surface area contributed by atoms with Crippen LogP contribution in [0.15, 0.2) is 18.2 Å². The molecule has 1 unspecified atom stereocenters. The second-order valence-corrected chi connectivity index (χ2v) is 6.07. The van der Waals surface area contributed by atoms with Crippen LogP contribution in [0.4, 0.5) is 5.69 Å². The topological polar surface area (TPSA) is 3.24 Å². The monoisotopic (exact) mass is 335 g/mol. The van der Waals surface area contributed by atoms with Crippen LogP contribution in [0.2, 0.25) is 5.02 Å². The number of thioether (sulfide) groups is 1. The van der Waals surface area contributed by atoms with Crippen LogP contribution >= 0.6 is 39.3 Å². The lowest BCUT2D eigenvalue weighted by molar-refractivity contribution is 0.668. The Bertz CT molecular complexity index is 359. The fourth-order valence-electron chi connectivity index (χ4n) is 1.73. The summed E-state index contributed by atoms with van der Waals surface area (Å²) in [5, 5.41) is 1.63. The normalized spacial score (nSPS) is 12.5. The van der Waals surface area contributed by atoms with Crippen LogP contribution in [0, 0.1) is 0 Å². The van der Waals surface area contributed by atoms with Crippen molar-refractivity contribution in [3.8, 4) is 0 Å². The van der Waals surface area contributed by atoms with E-state index >= 15 is 0 Å². The van der Waals surface area contributed by atoms with Crippen molar-refractivity contribution in [2.75, 3.05) is 24.0 Å². The van der Waals surface area contributed by atoms with E-state index in [2.05, 4.69) is 47.1 Å². The summed E-state index contributed by atoms with van der Waals surface area (Å²) in [6.07, 6.45) is 3.34. The first-order valence-electron chi connectivity index (χ1n) is 5.67. The second-order valence-electron chi connectivity index (χ2n) is 4.11. The van der Waals surface area contributed by atoms with Crippen molar-refractivity contribution >= 4 is 45.0 Å². The van der Waals surface area contributed by atoms with Gasteiger partial charge in [-0.05, 0) is 37.5 Å². The Hall–Kier alpha value is 0.140. The lowest BCUT2D eigenvalue weighted by Crippen LogP contribution is -2.30. The fourth-order valence-corrected chi connectivity index (χ4v) is 3.29. The summed E-state index contributed by atoms with van der Waals surface area (Å²) in [7, 11) is 2.14. The zero-order chi connectivity index (χ0) is 12.8. The number of rotatable bonds is 6. The van der Waals surface area contributed by atoms with E-state index in [1.807, 2.05) is 23.9 Å². The van der Waals surface area contributed by atoms with Crippen molar-refractivity contribution in [3.05, 3.63) is 28.8 Å². The van der Waals surface area contributed by atoms with Gasteiger partial charge in [-0.15, -0.1) is 0 Å². The molecule has 0 aliphatic heterocycles. The molecule has 1 atom stereocenters. The second kappa shape index (κ2) is 7.55. The molecule has 4 heteroatoms. The molecule has 0 heterocycles. The molecule has 1 aromatic carbocycles. The van der Waals surface area contributed by atoms with E-state index in [9.17, 15) is 0 Å². The van der Waals surface area contributed by atoms with Crippen LogP contribution in [0.25, 0.3) is 0 Å². The highest BCUT2D eigenvalue weighted by atomic mass is 79.9. The Morgan fingerprint density at radius 3 is 2.76 bits per heavy atom. The van der Waals surface area contributed by atoms with E-state index in [4.69, 9.17) is 11.6 Å². The predicted molar refractivity (Wildman–Crippen MR) is 84.9 cm³/mol. The zero-order valence-electron chi connectivity index (χ0n) is 10.5. The van der Waals surface area contributed by atoms with Crippen LogP contribution in [0.3, 0.4) is 0 Å². The van der Waals surface area contributed by atoms with Crippen LogP contribution in [-0.4, -0.2) is 25.1 Å². The number of alkyl halides is 1. The van der Waals surface area contributed by atoms with E-state index < -0.39 is 0 Å². The lowest BCUT2D eigenvalue weighted by Gasteiger charge is -2.29. The summed E-state index contributed by atoms with van der Waals surface area (Å²) >= 11 is 11.6. The number of halogens is 2. The molecule has 1 rings (SSSR count). The average molecular weight is 337 g/mol. The molecule has 96 valence electrons. The largest absolute Gasteiger partial charge is 0.372 e. The average Bonchev–Trinajstić information content (AvgIpc) is 2.34. The van der Waals surface area contributed by atoms with Crippen molar-refractivity contribution < 1.29 is 0 Å². The van der Waals surface area contributed by atoms with Crippen LogP contribution in [0.5, 0.6) is 0 Å². The zero-order valence-corrected chi connectivity index (χ0v) is 13.7. The maximum Gasteiger partial charge on any atom is 0.0467 e. The Kier molecular flexibility index (Phi) is 6.75. The van der Waals surface area contributed by atoms with Gasteiger partial charge in [0, 0.05) is 34.7 Å². The van der Waals surface area contributed by atoms with E-state index in [1.54, 1.807) is 0 Å². The molecular formula is C13H19BrClNS. The molecule has 0 spiro atoms. The molecule has 0 saturated carbocycles. The number of hydrogen-bond acceptors (Lipinski definition) is 2. The molecule has 1 nitrogen and oxygen atoms in total. The minimum atomic E-state index is 0.527. The van der Waals surface area contributed by atoms with Gasteiger partial charge < -0.3 is 4.90 Å². The van der Waals surface area contributed by atoms with Gasteiger partial charge in [-0.25, -0.2) is 0 Å². The maximum absolute atomic E-state index is 6.22. The molecule has 0 N–H and O–H groups in total. The quantitative estimate of drug-likeness (QED) is 0.686. The standard InChI is InChI=1S/C13H19BrClNS/c1-10(7-8-17-3)16(2)13-6-4-5-12(15)11(13)9-14/h4-6,10H,7-9H2,1-3H3. The summed E-state index contributed by atoms with van der Waals surface area (Å²) in [5.41, 5.74) is 2.40. The summed E-state index contributed by atoms with van der Waals surface area (Å²) in [4.78, 5) is 2.32. The predicted octanol–water partition coefficient (Wildman–Crippen LogP) is 4.81. The Labute approximate surface area is 122 Å². The molecule has 17 heavy (non-hydrogen) atoms. The van der Waals surface area contributed by atoms with Gasteiger partial charge in [0.25, 0.3) is 0 Å². The highest BCUT2D eigenvalue weighted by Gasteiger charge is 2.14. The first-order chi connectivity index (χ1) is 8.11. The molecular weight excluding hydrogens is 318 g/mol. The molecule has 0 aliphatic rings. The molecule has 0 bridgehead atoms. The third-order valence-electron chi connectivity index (χ3n) is 3.01. The molecule has 0 radical (unpaired) electrons. The minimum Gasteiger partial charge on any atom is -0.372 e. The van der Waals surface area contributed by atoms with Crippen molar-refractivity contribution in [2.24, 2.45) is 0 Å². The molecule has 0 fully saturated rings. The van der Waals surface area contributed by atoms with E-state index in [-0.39, 0.29) is 0 Å². The third kappa shape index (κ3) is 4.08. The Balaban J connectivity index is 2.87. The first-order valence-corrected chi connectivity index (χ1v) is 8.56. The first kappa shape index (κ1) is 15.2. The van der Waals surface area contributed by atoms with Gasteiger partial charge in [0.15, 0.2) is 0 Å². The van der Waals surface area contributed by atoms with Crippen molar-refractivity contribution in [3.63, 3.8) is 0 Å². The minimum absolute atomic E-state index is 0.527. The fraction of sp³-hybridized carbons (Fsp3) is 0.538. The number of hydrogen-bond donors (Lipinski definition) is 0. The van der Waals surface area contributed by atoms with Gasteiger partial charge in [0.1, 0.15) is 0 Å². The summed E-state index contributed by atoms with van der Waals surface area (Å²) in [6.45, 7) is 2.26. The van der Waals surface area contributed by atoms with E-state index in [0.717, 1.165) is 10.4 Å². The summed E-state index contributed by atoms with van der Waals surface area (Å²) < 4.78 is 0. The van der Waals surface area contributed by atoms with Crippen molar-refractivity contribution in [2.45, 2.75) is 24.7 Å². The van der Waals surface area contributed by atoms with Crippen molar-refractivity contribution in [1.82, 2.24) is 0 Å². The Morgan fingerprint density at radius 1 is 1.47 bits per heavy atom. The number of benzene rings is 1. The third-order valence-corrected chi connectivity index (χ3v) is 4.57. The maximum atomic E-state index is 6.22. The van der Waals surface area contributed by atoms with E-state index in [1.165, 1.54) is 23.4 Å². The molecule has 0 amide bonds. The van der Waals surface area contributed by atoms with E-state index in [0.29, 0.717) is 6.04 Å². The summed E-state index contributed by atoms with van der Waals surface area (Å²) in [5.74, 6) is 1.19. The van der Waals surface area contributed by atoms with Crippen LogP contribution < -0.4 is 4.90 Å². The SMILES string of the molecule is CSCCC(C)N(C)c1cccc(Cl)c1CBr. The number of anilines is 1. The molecule has 0 aliphatic carbocycles. The van der Waals surface area contributed by atoms with Gasteiger partial charge >= 0.3 is 0 Å². The van der Waals surface area contributed by atoms with Crippen LogP contribution in [-0.2, 0) is 5.33 Å². The molecule has 0 saturated heterocycles. The number of nitrogens with zero attached hydrogens (tertiary/aromatic N) is 1.